The van der Waals surface area contributed by atoms with Crippen molar-refractivity contribution >= 4 is 24.0 Å². The minimum absolute atomic E-state index is 0. The minimum Gasteiger partial charge on any atom is -0.493 e. The summed E-state index contributed by atoms with van der Waals surface area (Å²) in [5.41, 5.74) is 0.372. The summed E-state index contributed by atoms with van der Waals surface area (Å²) in [7, 11) is 1.52. The molecule has 0 aliphatic carbocycles. The number of hydrogen-bond donors (Lipinski definition) is 2. The zero-order valence-corrected chi connectivity index (χ0v) is 15.7. The summed E-state index contributed by atoms with van der Waals surface area (Å²) in [6, 6.07) is 11.3. The van der Waals surface area contributed by atoms with Gasteiger partial charge in [0.25, 0.3) is 0 Å². The molecule has 0 bridgehead atoms. The van der Waals surface area contributed by atoms with Gasteiger partial charge in [-0.2, -0.15) is 0 Å². The van der Waals surface area contributed by atoms with Crippen molar-refractivity contribution < 1.29 is 23.4 Å². The highest BCUT2D eigenvalue weighted by Crippen LogP contribution is 2.33. The molecule has 8 heteroatoms. The topological polar surface area (TPSA) is 68.8 Å². The molecule has 3 rings (SSSR count). The second kappa shape index (κ2) is 10.1. The Kier molecular flexibility index (Phi) is 7.84. The molecule has 2 aromatic rings. The quantitative estimate of drug-likeness (QED) is 0.783. The maximum Gasteiger partial charge on any atom is 0.226 e. The normalized spacial score (nSPS) is 16.1. The molecule has 0 radical (unpaired) electrons. The van der Waals surface area contributed by atoms with Crippen LogP contribution in [0.5, 0.6) is 17.2 Å². The molecule has 0 aromatic heterocycles. The number of anilines is 1. The maximum absolute atomic E-state index is 14.3. The molecular weight excluding hydrogens is 375 g/mol. The molecular formula is C19H22ClFN2O4. The highest BCUT2D eigenvalue weighted by Gasteiger charge is 2.17. The molecule has 1 fully saturated rings. The zero-order chi connectivity index (χ0) is 18.4. The monoisotopic (exact) mass is 396 g/mol. The molecule has 1 aliphatic heterocycles. The van der Waals surface area contributed by atoms with E-state index >= 15 is 0 Å². The number of methoxy groups -OCH3 is 1. The van der Waals surface area contributed by atoms with Crippen molar-refractivity contribution in [2.75, 3.05) is 32.2 Å². The Bertz CT molecular complexity index is 769. The van der Waals surface area contributed by atoms with E-state index in [4.69, 9.17) is 14.2 Å². The number of carbonyl (C=O) groups is 1. The third-order valence-electron chi connectivity index (χ3n) is 3.93. The van der Waals surface area contributed by atoms with E-state index in [1.807, 2.05) is 0 Å². The third kappa shape index (κ3) is 5.82. The van der Waals surface area contributed by atoms with Gasteiger partial charge in [-0.3, -0.25) is 4.79 Å². The second-order valence-corrected chi connectivity index (χ2v) is 5.88. The summed E-state index contributed by atoms with van der Waals surface area (Å²) >= 11 is 0. The van der Waals surface area contributed by atoms with E-state index in [0.717, 1.165) is 6.54 Å². The molecule has 1 amide bonds. The molecule has 6 nitrogen and oxygen atoms in total. The second-order valence-electron chi connectivity index (χ2n) is 5.88. The number of para-hydroxylation sites is 2. The Morgan fingerprint density at radius 2 is 2.04 bits per heavy atom. The fourth-order valence-electron chi connectivity index (χ4n) is 2.67. The fraction of sp³-hybridized carbons (Fsp3) is 0.316. The number of hydrogen-bond acceptors (Lipinski definition) is 5. The van der Waals surface area contributed by atoms with Gasteiger partial charge in [0.15, 0.2) is 23.1 Å². The summed E-state index contributed by atoms with van der Waals surface area (Å²) in [6.45, 7) is 1.87. The summed E-state index contributed by atoms with van der Waals surface area (Å²) in [5.74, 6) is 0.189. The van der Waals surface area contributed by atoms with E-state index in [0.29, 0.717) is 30.4 Å². The lowest BCUT2D eigenvalue weighted by Gasteiger charge is -2.23. The number of nitrogens with one attached hydrogen (secondary N) is 2. The van der Waals surface area contributed by atoms with Crippen molar-refractivity contribution in [1.82, 2.24) is 5.32 Å². The molecule has 0 spiro atoms. The van der Waals surface area contributed by atoms with Crippen molar-refractivity contribution in [2.45, 2.75) is 12.5 Å². The van der Waals surface area contributed by atoms with Crippen LogP contribution < -0.4 is 20.1 Å². The Balaban J connectivity index is 0.00000261. The number of amides is 1. The van der Waals surface area contributed by atoms with E-state index in [2.05, 4.69) is 10.6 Å². The lowest BCUT2D eigenvalue weighted by atomic mass is 10.2. The first-order chi connectivity index (χ1) is 12.7. The molecule has 1 aliphatic rings. The van der Waals surface area contributed by atoms with E-state index in [9.17, 15) is 9.18 Å². The van der Waals surface area contributed by atoms with Crippen molar-refractivity contribution in [2.24, 2.45) is 0 Å². The van der Waals surface area contributed by atoms with Crippen LogP contribution in [0.25, 0.3) is 0 Å². The summed E-state index contributed by atoms with van der Waals surface area (Å²) in [5, 5.41) is 5.89. The lowest BCUT2D eigenvalue weighted by molar-refractivity contribution is -0.117. The van der Waals surface area contributed by atoms with Crippen molar-refractivity contribution in [3.05, 3.63) is 48.3 Å². The zero-order valence-electron chi connectivity index (χ0n) is 14.9. The first-order valence-corrected chi connectivity index (χ1v) is 8.37. The van der Waals surface area contributed by atoms with E-state index < -0.39 is 5.82 Å². The highest BCUT2D eigenvalue weighted by molar-refractivity contribution is 5.91. The Labute approximate surface area is 163 Å². The van der Waals surface area contributed by atoms with Crippen LogP contribution in [0.4, 0.5) is 10.1 Å². The predicted molar refractivity (Wildman–Crippen MR) is 103 cm³/mol. The van der Waals surface area contributed by atoms with Crippen LogP contribution in [0.15, 0.2) is 42.5 Å². The Hall–Kier alpha value is -2.35. The van der Waals surface area contributed by atoms with Crippen molar-refractivity contribution in [3.63, 3.8) is 0 Å². The maximum atomic E-state index is 14.3. The lowest BCUT2D eigenvalue weighted by Crippen LogP contribution is -2.43. The van der Waals surface area contributed by atoms with Crippen molar-refractivity contribution in [1.29, 1.82) is 0 Å². The number of ether oxygens (including phenoxy) is 3. The van der Waals surface area contributed by atoms with Gasteiger partial charge < -0.3 is 24.8 Å². The van der Waals surface area contributed by atoms with Gasteiger partial charge in [0.2, 0.25) is 5.91 Å². The molecule has 1 heterocycles. The van der Waals surface area contributed by atoms with Crippen LogP contribution in [0.2, 0.25) is 0 Å². The predicted octanol–water partition coefficient (Wildman–Crippen LogP) is 3.37. The smallest absolute Gasteiger partial charge is 0.226 e. The molecule has 1 atom stereocenters. The molecule has 1 unspecified atom stereocenters. The number of morpholine rings is 1. The molecule has 0 saturated carbocycles. The van der Waals surface area contributed by atoms with Crippen LogP contribution in [-0.4, -0.2) is 38.8 Å². The SMILES string of the molecule is COc1ccccc1Oc1ccc(NC(=O)CC2COCCN2)cc1F.Cl. The number of rotatable bonds is 6. The standard InChI is InChI=1S/C19H21FN2O4.ClH/c1-24-17-4-2-3-5-18(17)26-16-7-6-13(10-15(16)20)22-19(23)11-14-12-25-9-8-21-14;/h2-7,10,14,21H,8-9,11-12H2,1H3,(H,22,23);1H. The molecule has 27 heavy (non-hydrogen) atoms. The molecule has 2 N–H and O–H groups in total. The summed E-state index contributed by atoms with van der Waals surface area (Å²) in [6.07, 6.45) is 0.265. The van der Waals surface area contributed by atoms with Gasteiger partial charge in [-0.15, -0.1) is 12.4 Å². The van der Waals surface area contributed by atoms with Crippen LogP contribution in [0.3, 0.4) is 0 Å². The van der Waals surface area contributed by atoms with Crippen LogP contribution in [-0.2, 0) is 9.53 Å². The first-order valence-electron chi connectivity index (χ1n) is 8.37. The minimum atomic E-state index is -0.576. The van der Waals surface area contributed by atoms with Crippen molar-refractivity contribution in [3.8, 4) is 17.2 Å². The molecule has 146 valence electrons. The fourth-order valence-corrected chi connectivity index (χ4v) is 2.67. The van der Waals surface area contributed by atoms with Gasteiger partial charge in [0.05, 0.1) is 20.3 Å². The largest absolute Gasteiger partial charge is 0.493 e. The van der Waals surface area contributed by atoms with E-state index in [1.165, 1.54) is 19.2 Å². The van der Waals surface area contributed by atoms with Gasteiger partial charge in [0.1, 0.15) is 0 Å². The molecule has 2 aromatic carbocycles. The Morgan fingerprint density at radius 3 is 2.70 bits per heavy atom. The van der Waals surface area contributed by atoms with Gasteiger partial charge in [-0.05, 0) is 24.3 Å². The number of halogens is 2. The number of carbonyl (C=O) groups excluding carboxylic acids is 1. The van der Waals surface area contributed by atoms with Crippen LogP contribution >= 0.6 is 12.4 Å². The van der Waals surface area contributed by atoms with E-state index in [-0.39, 0.29) is 36.5 Å². The van der Waals surface area contributed by atoms with Gasteiger partial charge in [0, 0.05) is 30.8 Å². The first kappa shape index (κ1) is 21.0. The van der Waals surface area contributed by atoms with Gasteiger partial charge in [-0.25, -0.2) is 4.39 Å². The van der Waals surface area contributed by atoms with Gasteiger partial charge >= 0.3 is 0 Å². The Morgan fingerprint density at radius 1 is 1.26 bits per heavy atom. The average Bonchev–Trinajstić information content (AvgIpc) is 2.65. The number of benzene rings is 2. The third-order valence-corrected chi connectivity index (χ3v) is 3.93. The average molecular weight is 397 g/mol. The highest BCUT2D eigenvalue weighted by atomic mass is 35.5. The van der Waals surface area contributed by atoms with Crippen LogP contribution in [0.1, 0.15) is 6.42 Å². The van der Waals surface area contributed by atoms with Crippen LogP contribution in [0, 0.1) is 5.82 Å². The summed E-state index contributed by atoms with van der Waals surface area (Å²) in [4.78, 5) is 12.1. The van der Waals surface area contributed by atoms with E-state index in [1.54, 1.807) is 30.3 Å². The molecule has 1 saturated heterocycles. The van der Waals surface area contributed by atoms with Gasteiger partial charge in [-0.1, -0.05) is 12.1 Å². The summed E-state index contributed by atoms with van der Waals surface area (Å²) < 4.78 is 30.4.